The summed E-state index contributed by atoms with van der Waals surface area (Å²) in [5.41, 5.74) is 2.33. The van der Waals surface area contributed by atoms with E-state index < -0.39 is 4.92 Å². The number of rotatable bonds is 4. The molecule has 0 unspecified atom stereocenters. The quantitative estimate of drug-likeness (QED) is 0.662. The van der Waals surface area contributed by atoms with Gasteiger partial charge in [-0.25, -0.2) is 4.98 Å². The molecule has 0 radical (unpaired) electrons. The van der Waals surface area contributed by atoms with Crippen LogP contribution in [0, 0.1) is 17.0 Å². The molecule has 18 heavy (non-hydrogen) atoms. The lowest BCUT2D eigenvalue weighted by atomic mass is 10.1. The predicted molar refractivity (Wildman–Crippen MR) is 69.4 cm³/mol. The summed E-state index contributed by atoms with van der Waals surface area (Å²) in [4.78, 5) is 14.2. The number of nitro groups is 1. The van der Waals surface area contributed by atoms with Gasteiger partial charge in [0.2, 0.25) is 0 Å². The molecule has 0 bridgehead atoms. The minimum Gasteiger partial charge on any atom is -0.366 e. The van der Waals surface area contributed by atoms with Gasteiger partial charge in [-0.3, -0.25) is 10.1 Å². The molecule has 5 nitrogen and oxygen atoms in total. The monoisotopic (exact) mass is 243 g/mol. The van der Waals surface area contributed by atoms with E-state index in [1.807, 2.05) is 25.1 Å². The van der Waals surface area contributed by atoms with E-state index in [9.17, 15) is 10.1 Å². The average Bonchev–Trinajstić information content (AvgIpc) is 2.37. The standard InChI is InChI=1S/C13H13N3O2/c1-10-3-2-4-11(7-10)9-15-13-8-12(16(17)18)5-6-14-13/h2-8H,9H2,1H3,(H,14,15). The summed E-state index contributed by atoms with van der Waals surface area (Å²) in [6, 6.07) is 10.9. The summed E-state index contributed by atoms with van der Waals surface area (Å²) in [7, 11) is 0. The smallest absolute Gasteiger partial charge is 0.274 e. The highest BCUT2D eigenvalue weighted by molar-refractivity contribution is 5.44. The Kier molecular flexibility index (Phi) is 3.52. The summed E-state index contributed by atoms with van der Waals surface area (Å²) in [5.74, 6) is 0.505. The lowest BCUT2D eigenvalue weighted by Gasteiger charge is -2.06. The molecule has 0 spiro atoms. The Labute approximate surface area is 105 Å². The number of hydrogen-bond acceptors (Lipinski definition) is 4. The van der Waals surface area contributed by atoms with E-state index in [0.717, 1.165) is 5.56 Å². The number of aromatic nitrogens is 1. The van der Waals surface area contributed by atoms with E-state index >= 15 is 0 Å². The van der Waals surface area contributed by atoms with E-state index in [-0.39, 0.29) is 5.69 Å². The fraction of sp³-hybridized carbons (Fsp3) is 0.154. The SMILES string of the molecule is Cc1cccc(CNc2cc([N+](=O)[O-])ccn2)c1. The molecule has 0 aliphatic carbocycles. The number of aryl methyl sites for hydroxylation is 1. The van der Waals surface area contributed by atoms with Crippen LogP contribution < -0.4 is 5.32 Å². The fourth-order valence-electron chi connectivity index (χ4n) is 1.64. The van der Waals surface area contributed by atoms with Gasteiger partial charge in [0.1, 0.15) is 5.82 Å². The van der Waals surface area contributed by atoms with Gasteiger partial charge in [0.05, 0.1) is 11.0 Å². The van der Waals surface area contributed by atoms with E-state index in [4.69, 9.17) is 0 Å². The Morgan fingerprint density at radius 1 is 1.33 bits per heavy atom. The lowest BCUT2D eigenvalue weighted by molar-refractivity contribution is -0.384. The molecule has 1 heterocycles. The lowest BCUT2D eigenvalue weighted by Crippen LogP contribution is -2.02. The summed E-state index contributed by atoms with van der Waals surface area (Å²) >= 11 is 0. The molecule has 92 valence electrons. The highest BCUT2D eigenvalue weighted by atomic mass is 16.6. The van der Waals surface area contributed by atoms with Crippen molar-refractivity contribution in [1.29, 1.82) is 0 Å². The number of benzene rings is 1. The molecule has 0 amide bonds. The second-order valence-electron chi connectivity index (χ2n) is 4.00. The Morgan fingerprint density at radius 3 is 2.89 bits per heavy atom. The number of anilines is 1. The first kappa shape index (κ1) is 12.0. The summed E-state index contributed by atoms with van der Waals surface area (Å²) in [6.07, 6.45) is 1.43. The molecule has 0 aliphatic heterocycles. The van der Waals surface area contributed by atoms with Crippen LogP contribution >= 0.6 is 0 Å². The summed E-state index contributed by atoms with van der Waals surface area (Å²) < 4.78 is 0. The first-order valence-corrected chi connectivity index (χ1v) is 5.55. The van der Waals surface area contributed by atoms with Crippen molar-refractivity contribution in [2.75, 3.05) is 5.32 Å². The predicted octanol–water partition coefficient (Wildman–Crippen LogP) is 2.91. The van der Waals surface area contributed by atoms with Crippen molar-refractivity contribution in [3.05, 3.63) is 63.8 Å². The summed E-state index contributed by atoms with van der Waals surface area (Å²) in [5, 5.41) is 13.7. The number of hydrogen-bond donors (Lipinski definition) is 1. The van der Waals surface area contributed by atoms with Crippen LogP contribution in [0.25, 0.3) is 0 Å². The Hall–Kier alpha value is -2.43. The highest BCUT2D eigenvalue weighted by Crippen LogP contribution is 2.15. The molecule has 1 aromatic heterocycles. The normalized spacial score (nSPS) is 10.1. The topological polar surface area (TPSA) is 68.1 Å². The molecular formula is C13H13N3O2. The molecule has 0 saturated heterocycles. The van der Waals surface area contributed by atoms with Gasteiger partial charge in [0.25, 0.3) is 5.69 Å². The van der Waals surface area contributed by atoms with Crippen molar-refractivity contribution in [2.45, 2.75) is 13.5 Å². The molecule has 0 saturated carbocycles. The maximum Gasteiger partial charge on any atom is 0.274 e. The van der Waals surface area contributed by atoms with Crippen molar-refractivity contribution in [3.8, 4) is 0 Å². The zero-order chi connectivity index (χ0) is 13.0. The van der Waals surface area contributed by atoms with E-state index in [1.54, 1.807) is 0 Å². The Morgan fingerprint density at radius 2 is 2.17 bits per heavy atom. The van der Waals surface area contributed by atoms with Crippen LogP contribution in [-0.4, -0.2) is 9.91 Å². The van der Waals surface area contributed by atoms with Gasteiger partial charge in [0.15, 0.2) is 0 Å². The minimum atomic E-state index is -0.431. The highest BCUT2D eigenvalue weighted by Gasteiger charge is 2.06. The van der Waals surface area contributed by atoms with Crippen molar-refractivity contribution >= 4 is 11.5 Å². The van der Waals surface area contributed by atoms with Gasteiger partial charge in [-0.2, -0.15) is 0 Å². The Bertz CT molecular complexity index is 570. The van der Waals surface area contributed by atoms with Gasteiger partial charge in [0, 0.05) is 18.8 Å². The third-order valence-electron chi connectivity index (χ3n) is 2.51. The third-order valence-corrected chi connectivity index (χ3v) is 2.51. The van der Waals surface area contributed by atoms with Crippen LogP contribution in [-0.2, 0) is 6.54 Å². The van der Waals surface area contributed by atoms with Crippen LogP contribution in [0.2, 0.25) is 0 Å². The molecule has 2 aromatic rings. The van der Waals surface area contributed by atoms with Crippen LogP contribution in [0.15, 0.2) is 42.6 Å². The number of nitrogens with one attached hydrogen (secondary N) is 1. The van der Waals surface area contributed by atoms with Crippen molar-refractivity contribution in [3.63, 3.8) is 0 Å². The van der Waals surface area contributed by atoms with Gasteiger partial charge < -0.3 is 5.32 Å². The largest absolute Gasteiger partial charge is 0.366 e. The van der Waals surface area contributed by atoms with Crippen LogP contribution in [0.1, 0.15) is 11.1 Å². The van der Waals surface area contributed by atoms with Gasteiger partial charge >= 0.3 is 0 Å². The zero-order valence-electron chi connectivity index (χ0n) is 9.96. The molecular weight excluding hydrogens is 230 g/mol. The molecule has 1 aromatic carbocycles. The second kappa shape index (κ2) is 5.27. The van der Waals surface area contributed by atoms with Crippen molar-refractivity contribution < 1.29 is 4.92 Å². The van der Waals surface area contributed by atoms with Crippen molar-refractivity contribution in [1.82, 2.24) is 4.98 Å². The first-order valence-electron chi connectivity index (χ1n) is 5.55. The van der Waals surface area contributed by atoms with Gasteiger partial charge in [-0.1, -0.05) is 29.8 Å². The second-order valence-corrected chi connectivity index (χ2v) is 4.00. The van der Waals surface area contributed by atoms with E-state index in [0.29, 0.717) is 12.4 Å². The van der Waals surface area contributed by atoms with E-state index in [1.165, 1.54) is 23.9 Å². The van der Waals surface area contributed by atoms with Crippen molar-refractivity contribution in [2.24, 2.45) is 0 Å². The summed E-state index contributed by atoms with van der Waals surface area (Å²) in [6.45, 7) is 2.62. The van der Waals surface area contributed by atoms with Crippen LogP contribution in [0.5, 0.6) is 0 Å². The number of nitrogens with zero attached hydrogens (tertiary/aromatic N) is 2. The first-order chi connectivity index (χ1) is 8.65. The number of pyridine rings is 1. The average molecular weight is 243 g/mol. The minimum absolute atomic E-state index is 0.0387. The fourth-order valence-corrected chi connectivity index (χ4v) is 1.64. The zero-order valence-corrected chi connectivity index (χ0v) is 9.96. The molecule has 5 heteroatoms. The molecule has 1 N–H and O–H groups in total. The Balaban J connectivity index is 2.06. The molecule has 0 atom stereocenters. The van der Waals surface area contributed by atoms with Crippen LogP contribution in [0.4, 0.5) is 11.5 Å². The maximum absolute atomic E-state index is 10.6. The van der Waals surface area contributed by atoms with Crippen LogP contribution in [0.3, 0.4) is 0 Å². The third kappa shape index (κ3) is 3.04. The van der Waals surface area contributed by atoms with Gasteiger partial charge in [-0.15, -0.1) is 0 Å². The molecule has 0 fully saturated rings. The molecule has 2 rings (SSSR count). The van der Waals surface area contributed by atoms with Gasteiger partial charge in [-0.05, 0) is 12.5 Å². The maximum atomic E-state index is 10.6. The van der Waals surface area contributed by atoms with E-state index in [2.05, 4.69) is 16.4 Å². The molecule has 0 aliphatic rings.